The highest BCUT2D eigenvalue weighted by atomic mass is 16.7. The van der Waals surface area contributed by atoms with Crippen molar-refractivity contribution in [1.82, 2.24) is 5.48 Å². The Bertz CT molecular complexity index is 732. The van der Waals surface area contributed by atoms with Crippen LogP contribution >= 0.6 is 0 Å². The third-order valence-corrected chi connectivity index (χ3v) is 4.76. The van der Waals surface area contributed by atoms with Crippen molar-refractivity contribution in [3.63, 3.8) is 0 Å². The van der Waals surface area contributed by atoms with Crippen molar-refractivity contribution in [2.45, 2.75) is 52.5 Å². The largest absolute Gasteiger partial charge is 0.370 e. The quantitative estimate of drug-likeness (QED) is 0.533. The molecule has 0 bridgehead atoms. The lowest BCUT2D eigenvalue weighted by Gasteiger charge is -2.30. The first-order chi connectivity index (χ1) is 12.8. The van der Waals surface area contributed by atoms with Gasteiger partial charge in [0.15, 0.2) is 0 Å². The first kappa shape index (κ1) is 20.8. The summed E-state index contributed by atoms with van der Waals surface area (Å²) < 4.78 is 0. The van der Waals surface area contributed by atoms with E-state index in [-0.39, 0.29) is 23.7 Å². The highest BCUT2D eigenvalue weighted by Gasteiger charge is 2.29. The lowest BCUT2D eigenvalue weighted by atomic mass is 9.74. The van der Waals surface area contributed by atoms with Crippen molar-refractivity contribution < 1.29 is 14.4 Å². The number of hydrogen-bond acceptors (Lipinski definition) is 4. The molecule has 0 saturated heterocycles. The number of benzene rings is 2. The summed E-state index contributed by atoms with van der Waals surface area (Å²) in [7, 11) is 0. The van der Waals surface area contributed by atoms with E-state index in [1.807, 2.05) is 25.1 Å². The summed E-state index contributed by atoms with van der Waals surface area (Å²) in [6.07, 6.45) is 1.56. The second-order valence-corrected chi connectivity index (χ2v) is 7.85. The molecular formula is C23H29NO3. The number of hydroxylamine groups is 1. The summed E-state index contributed by atoms with van der Waals surface area (Å²) in [4.78, 5) is 28.3. The van der Waals surface area contributed by atoms with Crippen molar-refractivity contribution in [3.05, 3.63) is 60.2 Å². The molecule has 2 rings (SSSR count). The van der Waals surface area contributed by atoms with Gasteiger partial charge < -0.3 is 9.63 Å². The van der Waals surface area contributed by atoms with Crippen LogP contribution in [0.3, 0.4) is 0 Å². The number of aldehydes is 1. The molecule has 2 unspecified atom stereocenters. The molecule has 2 aromatic carbocycles. The van der Waals surface area contributed by atoms with E-state index in [9.17, 15) is 9.59 Å². The SMILES string of the molecule is CCC(C=O)NOC(=O)CC(c1ccc(-c2ccccc2)cc1)C(C)(C)C. The Labute approximate surface area is 161 Å². The second-order valence-electron chi connectivity index (χ2n) is 7.85. The van der Waals surface area contributed by atoms with E-state index in [0.717, 1.165) is 17.4 Å². The molecular weight excluding hydrogens is 338 g/mol. The van der Waals surface area contributed by atoms with Gasteiger partial charge in [0.2, 0.25) is 0 Å². The molecule has 2 atom stereocenters. The van der Waals surface area contributed by atoms with E-state index >= 15 is 0 Å². The van der Waals surface area contributed by atoms with E-state index < -0.39 is 6.04 Å². The maximum absolute atomic E-state index is 12.3. The van der Waals surface area contributed by atoms with Crippen molar-refractivity contribution in [1.29, 1.82) is 0 Å². The van der Waals surface area contributed by atoms with Crippen LogP contribution in [0.1, 0.15) is 52.0 Å². The zero-order valence-electron chi connectivity index (χ0n) is 16.6. The molecule has 144 valence electrons. The van der Waals surface area contributed by atoms with Crippen molar-refractivity contribution >= 4 is 12.3 Å². The fourth-order valence-electron chi connectivity index (χ4n) is 3.02. The van der Waals surface area contributed by atoms with Crippen LogP contribution in [0.2, 0.25) is 0 Å². The van der Waals surface area contributed by atoms with Gasteiger partial charge in [-0.25, -0.2) is 0 Å². The average molecular weight is 367 g/mol. The zero-order valence-corrected chi connectivity index (χ0v) is 16.6. The lowest BCUT2D eigenvalue weighted by Crippen LogP contribution is -2.33. The molecule has 0 saturated carbocycles. The van der Waals surface area contributed by atoms with Gasteiger partial charge in [-0.3, -0.25) is 4.79 Å². The Morgan fingerprint density at radius 3 is 2.15 bits per heavy atom. The van der Waals surface area contributed by atoms with E-state index in [1.165, 1.54) is 5.56 Å². The highest BCUT2D eigenvalue weighted by molar-refractivity contribution is 5.71. The van der Waals surface area contributed by atoms with E-state index in [1.54, 1.807) is 0 Å². The van der Waals surface area contributed by atoms with Crippen molar-refractivity contribution in [3.8, 4) is 11.1 Å². The zero-order chi connectivity index (χ0) is 19.9. The van der Waals surface area contributed by atoms with E-state index in [2.05, 4.69) is 62.6 Å². The first-order valence-corrected chi connectivity index (χ1v) is 9.41. The maximum atomic E-state index is 12.3. The number of carbonyl (C=O) groups excluding carboxylic acids is 2. The fourth-order valence-corrected chi connectivity index (χ4v) is 3.02. The summed E-state index contributed by atoms with van der Waals surface area (Å²) in [5, 5.41) is 0. The predicted octanol–water partition coefficient (Wildman–Crippen LogP) is 4.90. The maximum Gasteiger partial charge on any atom is 0.325 e. The van der Waals surface area contributed by atoms with Gasteiger partial charge in [-0.2, -0.15) is 0 Å². The topological polar surface area (TPSA) is 55.4 Å². The molecule has 0 fully saturated rings. The van der Waals surface area contributed by atoms with Gasteiger partial charge >= 0.3 is 5.97 Å². The Morgan fingerprint density at radius 1 is 1.04 bits per heavy atom. The van der Waals surface area contributed by atoms with Gasteiger partial charge in [-0.1, -0.05) is 82.3 Å². The number of rotatable bonds is 8. The fraction of sp³-hybridized carbons (Fsp3) is 0.391. The number of hydrogen-bond donors (Lipinski definition) is 1. The molecule has 0 heterocycles. The van der Waals surface area contributed by atoms with E-state index in [4.69, 9.17) is 4.84 Å². The molecule has 0 amide bonds. The Hall–Kier alpha value is -2.46. The molecule has 0 aliphatic carbocycles. The minimum atomic E-state index is -0.466. The Balaban J connectivity index is 2.12. The summed E-state index contributed by atoms with van der Waals surface area (Å²) >= 11 is 0. The molecule has 0 aliphatic heterocycles. The van der Waals surface area contributed by atoms with E-state index in [0.29, 0.717) is 6.42 Å². The Kier molecular flexibility index (Phi) is 7.31. The van der Waals surface area contributed by atoms with Gasteiger partial charge in [0.1, 0.15) is 6.29 Å². The summed E-state index contributed by atoms with van der Waals surface area (Å²) in [5.41, 5.74) is 5.84. The summed E-state index contributed by atoms with van der Waals surface area (Å²) in [6, 6.07) is 18.1. The molecule has 1 N–H and O–H groups in total. The summed E-state index contributed by atoms with van der Waals surface area (Å²) in [5.74, 6) is -0.352. The van der Waals surface area contributed by atoms with Crippen molar-refractivity contribution in [2.24, 2.45) is 5.41 Å². The number of nitrogens with one attached hydrogen (secondary N) is 1. The minimum absolute atomic E-state index is 0.00734. The monoisotopic (exact) mass is 367 g/mol. The molecule has 2 aromatic rings. The van der Waals surface area contributed by atoms with Crippen molar-refractivity contribution in [2.75, 3.05) is 0 Å². The third-order valence-electron chi connectivity index (χ3n) is 4.76. The minimum Gasteiger partial charge on any atom is -0.370 e. The standard InChI is InChI=1S/C23H29NO3/c1-5-20(16-25)24-27-22(26)15-21(23(2,3)4)19-13-11-18(12-14-19)17-9-7-6-8-10-17/h6-14,16,20-21,24H,5,15H2,1-4H3. The van der Waals surface area contributed by atoms with Crippen LogP contribution < -0.4 is 5.48 Å². The van der Waals surface area contributed by atoms with Crippen LogP contribution in [0.5, 0.6) is 0 Å². The smallest absolute Gasteiger partial charge is 0.325 e. The first-order valence-electron chi connectivity index (χ1n) is 9.41. The van der Waals surface area contributed by atoms with Gasteiger partial charge in [0.25, 0.3) is 0 Å². The van der Waals surface area contributed by atoms with Gasteiger partial charge in [-0.05, 0) is 34.4 Å². The van der Waals surface area contributed by atoms with Crippen LogP contribution in [0, 0.1) is 5.41 Å². The van der Waals surface area contributed by atoms with Crippen LogP contribution in [-0.4, -0.2) is 18.3 Å². The van der Waals surface area contributed by atoms with Gasteiger partial charge in [-0.15, -0.1) is 5.48 Å². The van der Waals surface area contributed by atoms with Gasteiger partial charge in [0, 0.05) is 0 Å². The number of carbonyl (C=O) groups is 2. The average Bonchev–Trinajstić information content (AvgIpc) is 2.67. The van der Waals surface area contributed by atoms with Gasteiger partial charge in [0.05, 0.1) is 12.5 Å². The van der Waals surface area contributed by atoms with Crippen LogP contribution in [0.15, 0.2) is 54.6 Å². The third kappa shape index (κ3) is 6.04. The second kappa shape index (κ2) is 9.47. The lowest BCUT2D eigenvalue weighted by molar-refractivity contribution is -0.154. The molecule has 4 nitrogen and oxygen atoms in total. The molecule has 0 spiro atoms. The Morgan fingerprint density at radius 2 is 1.63 bits per heavy atom. The normalized spacial score (nSPS) is 13.6. The highest BCUT2D eigenvalue weighted by Crippen LogP contribution is 2.38. The molecule has 0 aliphatic rings. The van der Waals surface area contributed by atoms with Crippen LogP contribution in [0.4, 0.5) is 0 Å². The summed E-state index contributed by atoms with van der Waals surface area (Å²) in [6.45, 7) is 8.20. The van der Waals surface area contributed by atoms with Crippen LogP contribution in [0.25, 0.3) is 11.1 Å². The molecule has 0 radical (unpaired) electrons. The molecule has 27 heavy (non-hydrogen) atoms. The predicted molar refractivity (Wildman–Crippen MR) is 108 cm³/mol. The van der Waals surface area contributed by atoms with Crippen LogP contribution in [-0.2, 0) is 14.4 Å². The molecule has 0 aromatic heterocycles. The molecule has 4 heteroatoms.